The second-order valence-electron chi connectivity index (χ2n) is 5.06. The summed E-state index contributed by atoms with van der Waals surface area (Å²) in [4.78, 5) is 13.4. The maximum Gasteiger partial charge on any atom is 0.222 e. The summed E-state index contributed by atoms with van der Waals surface area (Å²) in [6.45, 7) is 6.23. The number of para-hydroxylation sites is 1. The molecule has 0 atom stereocenters. The van der Waals surface area contributed by atoms with Crippen molar-refractivity contribution in [1.29, 1.82) is 0 Å². The summed E-state index contributed by atoms with van der Waals surface area (Å²) in [5, 5.41) is 3.42. The number of carbonyl (C=O) groups is 1. The molecular formula is C16H24N2O2. The van der Waals surface area contributed by atoms with E-state index in [4.69, 9.17) is 4.74 Å². The van der Waals surface area contributed by atoms with E-state index in [1.165, 1.54) is 5.56 Å². The van der Waals surface area contributed by atoms with E-state index in [0.29, 0.717) is 12.5 Å². The quantitative estimate of drug-likeness (QED) is 0.740. The molecule has 1 amide bonds. The summed E-state index contributed by atoms with van der Waals surface area (Å²) < 4.78 is 5.60. The Labute approximate surface area is 121 Å². The SMILES string of the molecule is CCOc1ccccc1CNCCCN1CCCC1=O. The molecule has 4 nitrogen and oxygen atoms in total. The minimum atomic E-state index is 0.312. The van der Waals surface area contributed by atoms with E-state index < -0.39 is 0 Å². The van der Waals surface area contributed by atoms with E-state index in [1.807, 2.05) is 30.0 Å². The van der Waals surface area contributed by atoms with E-state index in [9.17, 15) is 4.79 Å². The minimum Gasteiger partial charge on any atom is -0.494 e. The predicted molar refractivity (Wildman–Crippen MR) is 79.7 cm³/mol. The first-order valence-electron chi connectivity index (χ1n) is 7.50. The van der Waals surface area contributed by atoms with Crippen LogP contribution in [0.15, 0.2) is 24.3 Å². The summed E-state index contributed by atoms with van der Waals surface area (Å²) in [7, 11) is 0. The van der Waals surface area contributed by atoms with Crippen molar-refractivity contribution < 1.29 is 9.53 Å². The molecule has 0 saturated carbocycles. The molecule has 0 unspecified atom stereocenters. The third kappa shape index (κ3) is 4.23. The van der Waals surface area contributed by atoms with Crippen molar-refractivity contribution in [3.63, 3.8) is 0 Å². The van der Waals surface area contributed by atoms with Crippen LogP contribution in [0.3, 0.4) is 0 Å². The molecular weight excluding hydrogens is 252 g/mol. The number of likely N-dealkylation sites (tertiary alicyclic amines) is 1. The highest BCUT2D eigenvalue weighted by atomic mass is 16.5. The number of ether oxygens (including phenoxy) is 1. The van der Waals surface area contributed by atoms with Gasteiger partial charge in [0.2, 0.25) is 5.91 Å². The number of benzene rings is 1. The normalized spacial score (nSPS) is 14.8. The van der Waals surface area contributed by atoms with Crippen LogP contribution in [0.1, 0.15) is 31.7 Å². The summed E-state index contributed by atoms with van der Waals surface area (Å²) in [5.41, 5.74) is 1.19. The van der Waals surface area contributed by atoms with Crippen molar-refractivity contribution in [2.75, 3.05) is 26.2 Å². The third-order valence-corrected chi connectivity index (χ3v) is 3.54. The monoisotopic (exact) mass is 276 g/mol. The van der Waals surface area contributed by atoms with Gasteiger partial charge in [-0.1, -0.05) is 18.2 Å². The summed E-state index contributed by atoms with van der Waals surface area (Å²) in [5.74, 6) is 1.27. The molecule has 0 aliphatic carbocycles. The fraction of sp³-hybridized carbons (Fsp3) is 0.562. The standard InChI is InChI=1S/C16H24N2O2/c1-2-20-15-8-4-3-7-14(15)13-17-10-6-12-18-11-5-9-16(18)19/h3-4,7-8,17H,2,5-6,9-13H2,1H3. The van der Waals surface area contributed by atoms with E-state index in [0.717, 1.165) is 51.2 Å². The van der Waals surface area contributed by atoms with Gasteiger partial charge >= 0.3 is 0 Å². The van der Waals surface area contributed by atoms with Gasteiger partial charge in [0.15, 0.2) is 0 Å². The van der Waals surface area contributed by atoms with Crippen LogP contribution in [-0.4, -0.2) is 37.0 Å². The zero-order chi connectivity index (χ0) is 14.2. The summed E-state index contributed by atoms with van der Waals surface area (Å²) >= 11 is 0. The zero-order valence-electron chi connectivity index (χ0n) is 12.2. The molecule has 1 aromatic carbocycles. The Hall–Kier alpha value is -1.55. The number of rotatable bonds is 8. The molecule has 2 rings (SSSR count). The van der Waals surface area contributed by atoms with Gasteiger partial charge in [-0.25, -0.2) is 0 Å². The van der Waals surface area contributed by atoms with Gasteiger partial charge in [0.25, 0.3) is 0 Å². The lowest BCUT2D eigenvalue weighted by Crippen LogP contribution is -2.28. The van der Waals surface area contributed by atoms with Gasteiger partial charge < -0.3 is 15.0 Å². The van der Waals surface area contributed by atoms with Crippen molar-refractivity contribution in [3.05, 3.63) is 29.8 Å². The van der Waals surface area contributed by atoms with Crippen molar-refractivity contribution in [2.45, 2.75) is 32.7 Å². The van der Waals surface area contributed by atoms with Crippen LogP contribution in [0.5, 0.6) is 5.75 Å². The molecule has 0 spiro atoms. The topological polar surface area (TPSA) is 41.6 Å². The first-order valence-corrected chi connectivity index (χ1v) is 7.50. The van der Waals surface area contributed by atoms with E-state index in [1.54, 1.807) is 0 Å². The van der Waals surface area contributed by atoms with Crippen LogP contribution in [0.25, 0.3) is 0 Å². The summed E-state index contributed by atoms with van der Waals surface area (Å²) in [6.07, 6.45) is 2.76. The Bertz CT molecular complexity index is 434. The number of hydrogen-bond acceptors (Lipinski definition) is 3. The van der Waals surface area contributed by atoms with Gasteiger partial charge in [0.05, 0.1) is 6.61 Å². The Morgan fingerprint density at radius 2 is 2.20 bits per heavy atom. The van der Waals surface area contributed by atoms with Gasteiger partial charge in [-0.2, -0.15) is 0 Å². The van der Waals surface area contributed by atoms with Gasteiger partial charge in [-0.3, -0.25) is 4.79 Å². The van der Waals surface area contributed by atoms with Crippen LogP contribution < -0.4 is 10.1 Å². The number of amides is 1. The van der Waals surface area contributed by atoms with Crippen molar-refractivity contribution >= 4 is 5.91 Å². The molecule has 0 bridgehead atoms. The molecule has 1 aromatic rings. The van der Waals surface area contributed by atoms with Crippen molar-refractivity contribution in [3.8, 4) is 5.75 Å². The van der Waals surface area contributed by atoms with E-state index in [2.05, 4.69) is 11.4 Å². The number of hydrogen-bond donors (Lipinski definition) is 1. The largest absolute Gasteiger partial charge is 0.494 e. The molecule has 110 valence electrons. The van der Waals surface area contributed by atoms with Gasteiger partial charge in [0, 0.05) is 31.6 Å². The van der Waals surface area contributed by atoms with Crippen LogP contribution >= 0.6 is 0 Å². The molecule has 1 N–H and O–H groups in total. The lowest BCUT2D eigenvalue weighted by molar-refractivity contribution is -0.127. The Morgan fingerprint density at radius 3 is 2.95 bits per heavy atom. The smallest absolute Gasteiger partial charge is 0.222 e. The highest BCUT2D eigenvalue weighted by Gasteiger charge is 2.18. The predicted octanol–water partition coefficient (Wildman–Crippen LogP) is 2.19. The maximum absolute atomic E-state index is 11.5. The van der Waals surface area contributed by atoms with Crippen LogP contribution in [0.4, 0.5) is 0 Å². The van der Waals surface area contributed by atoms with Gasteiger partial charge in [-0.15, -0.1) is 0 Å². The Kier molecular flexibility index (Phi) is 5.87. The van der Waals surface area contributed by atoms with E-state index >= 15 is 0 Å². The van der Waals surface area contributed by atoms with Crippen LogP contribution in [-0.2, 0) is 11.3 Å². The highest BCUT2D eigenvalue weighted by Crippen LogP contribution is 2.17. The molecule has 1 heterocycles. The number of nitrogens with zero attached hydrogens (tertiary/aromatic N) is 1. The molecule has 0 aromatic heterocycles. The fourth-order valence-electron chi connectivity index (χ4n) is 2.50. The first kappa shape index (κ1) is 14.9. The van der Waals surface area contributed by atoms with Gasteiger partial charge in [-0.05, 0) is 32.4 Å². The van der Waals surface area contributed by atoms with Crippen LogP contribution in [0, 0.1) is 0 Å². The molecule has 0 radical (unpaired) electrons. The van der Waals surface area contributed by atoms with Crippen LogP contribution in [0.2, 0.25) is 0 Å². The maximum atomic E-state index is 11.5. The average Bonchev–Trinajstić information content (AvgIpc) is 2.86. The van der Waals surface area contributed by atoms with Crippen molar-refractivity contribution in [1.82, 2.24) is 10.2 Å². The lowest BCUT2D eigenvalue weighted by atomic mass is 10.2. The first-order chi connectivity index (χ1) is 9.81. The van der Waals surface area contributed by atoms with Gasteiger partial charge in [0.1, 0.15) is 5.75 Å². The van der Waals surface area contributed by atoms with E-state index in [-0.39, 0.29) is 0 Å². The zero-order valence-corrected chi connectivity index (χ0v) is 12.2. The second kappa shape index (κ2) is 7.90. The second-order valence-corrected chi connectivity index (χ2v) is 5.06. The Morgan fingerprint density at radius 1 is 1.35 bits per heavy atom. The lowest BCUT2D eigenvalue weighted by Gasteiger charge is -2.15. The summed E-state index contributed by atoms with van der Waals surface area (Å²) in [6, 6.07) is 8.11. The minimum absolute atomic E-state index is 0.312. The molecule has 20 heavy (non-hydrogen) atoms. The third-order valence-electron chi connectivity index (χ3n) is 3.54. The number of carbonyl (C=O) groups excluding carboxylic acids is 1. The Balaban J connectivity index is 1.67. The number of nitrogens with one attached hydrogen (secondary N) is 1. The fourth-order valence-corrected chi connectivity index (χ4v) is 2.50. The highest BCUT2D eigenvalue weighted by molar-refractivity contribution is 5.77. The molecule has 1 saturated heterocycles. The molecule has 1 aliphatic heterocycles. The average molecular weight is 276 g/mol. The van der Waals surface area contributed by atoms with Crippen molar-refractivity contribution in [2.24, 2.45) is 0 Å². The molecule has 1 fully saturated rings. The molecule has 4 heteroatoms. The molecule has 1 aliphatic rings.